The maximum Gasteiger partial charge on any atom is 0.416 e. The van der Waals surface area contributed by atoms with Crippen molar-refractivity contribution in [3.8, 4) is 5.75 Å². The molecule has 2 N–H and O–H groups in total. The number of amides is 1. The number of nitrogens with two attached hydrogens (primary N) is 1. The second-order valence-corrected chi connectivity index (χ2v) is 6.47. The van der Waals surface area contributed by atoms with E-state index < -0.39 is 23.8 Å². The van der Waals surface area contributed by atoms with Crippen LogP contribution in [0.1, 0.15) is 27.8 Å². The van der Waals surface area contributed by atoms with Crippen LogP contribution in [0.2, 0.25) is 0 Å². The number of pyridine rings is 1. The van der Waals surface area contributed by atoms with Crippen LogP contribution in [0, 0.1) is 0 Å². The smallest absolute Gasteiger partial charge is 0.416 e. The summed E-state index contributed by atoms with van der Waals surface area (Å²) >= 11 is 0. The number of aromatic nitrogens is 3. The summed E-state index contributed by atoms with van der Waals surface area (Å²) in [5.41, 5.74) is 6.43. The highest BCUT2D eigenvalue weighted by atomic mass is 19.4. The molecule has 1 aliphatic rings. The minimum Gasteiger partial charge on any atom is -0.487 e. The molecule has 0 fully saturated rings. The number of carbonyl (C=O) groups excluding carboxylic acids is 1. The lowest BCUT2D eigenvalue weighted by Crippen LogP contribution is -2.46. The number of benzene rings is 1. The fourth-order valence-corrected chi connectivity index (χ4v) is 3.11. The normalized spacial score (nSPS) is 16.6. The average Bonchev–Trinajstić information content (AvgIpc) is 3.14. The molecule has 1 atom stereocenters. The van der Waals surface area contributed by atoms with E-state index in [0.717, 1.165) is 12.1 Å². The van der Waals surface area contributed by atoms with Crippen molar-refractivity contribution < 1.29 is 22.7 Å². The molecule has 150 valence electrons. The molecule has 0 saturated carbocycles. The number of rotatable bonds is 4. The molecule has 0 radical (unpaired) electrons. The van der Waals surface area contributed by atoms with Gasteiger partial charge in [0.1, 0.15) is 24.2 Å². The van der Waals surface area contributed by atoms with Gasteiger partial charge in [0.25, 0.3) is 5.91 Å². The van der Waals surface area contributed by atoms with Gasteiger partial charge in [0.15, 0.2) is 0 Å². The first-order valence-corrected chi connectivity index (χ1v) is 8.68. The molecule has 1 amide bonds. The number of ether oxygens (including phenoxy) is 1. The summed E-state index contributed by atoms with van der Waals surface area (Å²) in [5.74, 6) is 0.119. The first kappa shape index (κ1) is 18.9. The van der Waals surface area contributed by atoms with Crippen molar-refractivity contribution in [2.24, 2.45) is 5.73 Å². The van der Waals surface area contributed by atoms with Crippen LogP contribution in [0.5, 0.6) is 5.75 Å². The van der Waals surface area contributed by atoms with Crippen LogP contribution in [-0.2, 0) is 12.8 Å². The average molecular weight is 403 g/mol. The first-order chi connectivity index (χ1) is 13.8. The molecular weight excluding hydrogens is 387 g/mol. The molecule has 4 rings (SSSR count). The Morgan fingerprint density at radius 2 is 1.93 bits per heavy atom. The van der Waals surface area contributed by atoms with Crippen LogP contribution in [0.3, 0.4) is 0 Å². The zero-order valence-corrected chi connectivity index (χ0v) is 15.0. The number of nitrogens with zero attached hydrogens (tertiary/aromatic N) is 4. The number of anilines is 1. The third kappa shape index (κ3) is 3.66. The van der Waals surface area contributed by atoms with Crippen LogP contribution in [0.25, 0.3) is 0 Å². The summed E-state index contributed by atoms with van der Waals surface area (Å²) in [6.07, 6.45) is -0.440. The topological polar surface area (TPSA) is 86.3 Å². The van der Waals surface area contributed by atoms with Crippen LogP contribution in [-0.4, -0.2) is 27.2 Å². The zero-order chi connectivity index (χ0) is 20.6. The van der Waals surface area contributed by atoms with E-state index in [4.69, 9.17) is 10.5 Å². The number of hydrogen-bond acceptors (Lipinski definition) is 5. The van der Waals surface area contributed by atoms with Gasteiger partial charge in [-0.1, -0.05) is 0 Å². The van der Waals surface area contributed by atoms with E-state index >= 15 is 0 Å². The third-order valence-electron chi connectivity index (χ3n) is 4.54. The molecule has 7 nitrogen and oxygen atoms in total. The van der Waals surface area contributed by atoms with Gasteiger partial charge in [0.2, 0.25) is 0 Å². The zero-order valence-electron chi connectivity index (χ0n) is 15.0. The highest BCUT2D eigenvalue weighted by Crippen LogP contribution is 2.32. The summed E-state index contributed by atoms with van der Waals surface area (Å²) in [4.78, 5) is 18.4. The summed E-state index contributed by atoms with van der Waals surface area (Å²) in [5, 5.41) is 4.17. The minimum atomic E-state index is -4.45. The van der Waals surface area contributed by atoms with E-state index in [0.29, 0.717) is 17.0 Å². The van der Waals surface area contributed by atoms with E-state index in [1.54, 1.807) is 18.3 Å². The molecule has 1 aromatic carbocycles. The van der Waals surface area contributed by atoms with Crippen molar-refractivity contribution in [1.82, 2.24) is 14.8 Å². The van der Waals surface area contributed by atoms with Gasteiger partial charge in [-0.15, -0.1) is 0 Å². The Hall–Kier alpha value is -3.40. The molecule has 3 aromatic rings. The molecule has 0 saturated heterocycles. The molecule has 0 aliphatic carbocycles. The van der Waals surface area contributed by atoms with Gasteiger partial charge >= 0.3 is 6.18 Å². The van der Waals surface area contributed by atoms with Gasteiger partial charge < -0.3 is 15.4 Å². The Kier molecular flexibility index (Phi) is 4.71. The lowest BCUT2D eigenvalue weighted by atomic mass is 10.1. The van der Waals surface area contributed by atoms with Crippen molar-refractivity contribution in [1.29, 1.82) is 0 Å². The molecule has 2 aromatic heterocycles. The fraction of sp³-hybridized carbons (Fsp3) is 0.211. The Labute approximate surface area is 163 Å². The second kappa shape index (κ2) is 7.21. The van der Waals surface area contributed by atoms with Crippen molar-refractivity contribution in [2.75, 3.05) is 11.4 Å². The molecule has 1 aliphatic heterocycles. The monoisotopic (exact) mass is 403 g/mol. The SMILES string of the molecule is N[C@H]1CN(c2ccc(C(F)(F)F)cc2)C(=O)c2c(COc3cccnc3)cnn21. The Balaban J connectivity index is 1.60. The van der Waals surface area contributed by atoms with Crippen LogP contribution < -0.4 is 15.4 Å². The van der Waals surface area contributed by atoms with Crippen LogP contribution >= 0.6 is 0 Å². The van der Waals surface area contributed by atoms with E-state index in [2.05, 4.69) is 10.1 Å². The Morgan fingerprint density at radius 1 is 1.17 bits per heavy atom. The maximum absolute atomic E-state index is 13.1. The van der Waals surface area contributed by atoms with Gasteiger partial charge in [-0.25, -0.2) is 4.68 Å². The lowest BCUT2D eigenvalue weighted by molar-refractivity contribution is -0.137. The molecule has 0 bridgehead atoms. The van der Waals surface area contributed by atoms with Crippen LogP contribution in [0.4, 0.5) is 18.9 Å². The van der Waals surface area contributed by atoms with Crippen LogP contribution in [0.15, 0.2) is 55.0 Å². The minimum absolute atomic E-state index is 0.0698. The number of fused-ring (bicyclic) bond motifs is 1. The van der Waals surface area contributed by atoms with Gasteiger partial charge in [-0.05, 0) is 36.4 Å². The van der Waals surface area contributed by atoms with Crippen molar-refractivity contribution in [3.05, 3.63) is 71.8 Å². The summed E-state index contributed by atoms with van der Waals surface area (Å²) in [6, 6.07) is 7.83. The molecule has 3 heterocycles. The molecule has 0 unspecified atom stereocenters. The van der Waals surface area contributed by atoms with E-state index in [1.807, 2.05) is 0 Å². The van der Waals surface area contributed by atoms with E-state index in [9.17, 15) is 18.0 Å². The fourth-order valence-electron chi connectivity index (χ4n) is 3.11. The third-order valence-corrected chi connectivity index (χ3v) is 4.54. The standard InChI is InChI=1S/C19H16F3N5O2/c20-19(21,22)13-3-5-14(6-4-13)26-10-16(23)27-17(18(26)28)12(8-25-27)11-29-15-2-1-7-24-9-15/h1-9,16H,10-11,23H2/t16-/m1/s1. The molecular formula is C19H16F3N5O2. The van der Waals surface area contributed by atoms with E-state index in [-0.39, 0.29) is 18.8 Å². The largest absolute Gasteiger partial charge is 0.487 e. The predicted octanol–water partition coefficient (Wildman–Crippen LogP) is 2.99. The quantitative estimate of drug-likeness (QED) is 0.724. The first-order valence-electron chi connectivity index (χ1n) is 8.68. The summed E-state index contributed by atoms with van der Waals surface area (Å²) < 4.78 is 45.5. The predicted molar refractivity (Wildman–Crippen MR) is 97.1 cm³/mol. The molecule has 10 heteroatoms. The van der Waals surface area contributed by atoms with Gasteiger partial charge in [-0.3, -0.25) is 9.78 Å². The number of halogens is 3. The lowest BCUT2D eigenvalue weighted by Gasteiger charge is -2.32. The van der Waals surface area contributed by atoms with Gasteiger partial charge in [0, 0.05) is 17.4 Å². The number of alkyl halides is 3. The highest BCUT2D eigenvalue weighted by Gasteiger charge is 2.35. The maximum atomic E-state index is 13.1. The highest BCUT2D eigenvalue weighted by molar-refractivity contribution is 6.06. The molecule has 0 spiro atoms. The van der Waals surface area contributed by atoms with Crippen molar-refractivity contribution in [3.63, 3.8) is 0 Å². The van der Waals surface area contributed by atoms with Crippen molar-refractivity contribution >= 4 is 11.6 Å². The Bertz CT molecular complexity index is 1020. The Morgan fingerprint density at radius 3 is 2.59 bits per heavy atom. The second-order valence-electron chi connectivity index (χ2n) is 6.47. The van der Waals surface area contributed by atoms with Gasteiger partial charge in [-0.2, -0.15) is 18.3 Å². The van der Waals surface area contributed by atoms with E-state index in [1.165, 1.54) is 34.1 Å². The van der Waals surface area contributed by atoms with Gasteiger partial charge in [0.05, 0.1) is 24.5 Å². The summed E-state index contributed by atoms with van der Waals surface area (Å²) in [6.45, 7) is 0.155. The number of carbonyl (C=O) groups is 1. The number of hydrogen-bond donors (Lipinski definition) is 1. The molecule has 29 heavy (non-hydrogen) atoms. The summed E-state index contributed by atoms with van der Waals surface area (Å²) in [7, 11) is 0. The van der Waals surface area contributed by atoms with Crippen molar-refractivity contribution in [2.45, 2.75) is 18.9 Å².